The maximum atomic E-state index is 13.8. The number of hydrogen-bond acceptors (Lipinski definition) is 2. The van der Waals surface area contributed by atoms with E-state index in [1.807, 2.05) is 0 Å². The van der Waals surface area contributed by atoms with Crippen molar-refractivity contribution in [2.45, 2.75) is 9.60 Å². The van der Waals surface area contributed by atoms with Crippen LogP contribution in [0.3, 0.4) is 0 Å². The summed E-state index contributed by atoms with van der Waals surface area (Å²) < 4.78 is 74.0. The Balaban J connectivity index is 3.34. The number of hydrogen-bond donors (Lipinski definition) is 0. The van der Waals surface area contributed by atoms with Gasteiger partial charge in [-0.25, -0.2) is 8.42 Å². The Morgan fingerprint density at radius 1 is 1.11 bits per heavy atom. The minimum absolute atomic E-state index is 0.0236. The molecule has 0 aliphatic carbocycles. The van der Waals surface area contributed by atoms with Crippen LogP contribution in [0.4, 0.5) is 15.5 Å². The molecule has 0 aliphatic rings. The van der Waals surface area contributed by atoms with E-state index >= 15 is 0 Å². The Morgan fingerprint density at radius 2 is 1.53 bits per heavy atom. The molecule has 1 rings (SSSR count). The zero-order chi connectivity index (χ0) is 15.2. The third kappa shape index (κ3) is 4.29. The van der Waals surface area contributed by atoms with Gasteiger partial charge in [0.25, 0.3) is 9.05 Å². The summed E-state index contributed by atoms with van der Waals surface area (Å²) in [6, 6.07) is 2.53. The Labute approximate surface area is 121 Å². The summed E-state index contributed by atoms with van der Waals surface area (Å²) in [5.41, 5.74) is 0. The number of benzene rings is 1. The van der Waals surface area contributed by atoms with Crippen LogP contribution in [0.1, 0.15) is 0 Å². The zero-order valence-corrected chi connectivity index (χ0v) is 12.8. The molecule has 1 aromatic carbocycles. The summed E-state index contributed by atoms with van der Waals surface area (Å²) >= 11 is 10.4. The zero-order valence-electron chi connectivity index (χ0n) is 8.87. The van der Waals surface area contributed by atoms with E-state index in [1.165, 1.54) is 0 Å². The molecule has 0 saturated carbocycles. The van der Waals surface area contributed by atoms with E-state index < -0.39 is 34.2 Å². The van der Waals surface area contributed by atoms with E-state index in [0.29, 0.717) is 12.1 Å². The minimum atomic E-state index is -8.85. The second-order valence-electron chi connectivity index (χ2n) is 3.75. The summed E-state index contributed by atoms with van der Waals surface area (Å²) in [6.07, 6.45) is 0. The Bertz CT molecular complexity index is 596. The highest BCUT2D eigenvalue weighted by Crippen LogP contribution is 3.00. The third-order valence-corrected chi connectivity index (χ3v) is 7.63. The predicted molar refractivity (Wildman–Crippen MR) is 71.0 cm³/mol. The van der Waals surface area contributed by atoms with Crippen molar-refractivity contribution in [3.05, 3.63) is 29.3 Å². The van der Waals surface area contributed by atoms with Gasteiger partial charge in [0, 0.05) is 15.7 Å². The Kier molecular flexibility index (Phi) is 3.88. The molecular formula is C8H7Cl3F4O2S2. The van der Waals surface area contributed by atoms with Gasteiger partial charge in [-0.3, -0.25) is 0 Å². The molecule has 19 heavy (non-hydrogen) atoms. The second-order valence-corrected chi connectivity index (χ2v) is 11.1. The van der Waals surface area contributed by atoms with Crippen molar-refractivity contribution in [3.8, 4) is 0 Å². The number of rotatable bonds is 4. The maximum Gasteiger partial charge on any atom is 0.250 e. The molecule has 0 heterocycles. The van der Waals surface area contributed by atoms with E-state index in [9.17, 15) is 24.0 Å². The van der Waals surface area contributed by atoms with Crippen LogP contribution in [0.5, 0.6) is 0 Å². The first-order valence-corrected chi connectivity index (χ1v) is 9.88. The molecule has 1 unspecified atom stereocenters. The molecule has 0 aliphatic heterocycles. The Hall–Kier alpha value is 0.110. The van der Waals surface area contributed by atoms with Crippen LogP contribution >= 0.6 is 43.7 Å². The van der Waals surface area contributed by atoms with Gasteiger partial charge in [0.2, 0.25) is 0 Å². The first-order valence-electron chi connectivity index (χ1n) is 4.47. The molecule has 112 valence electrons. The molecule has 0 saturated heterocycles. The number of halogens is 7. The average Bonchev–Trinajstić information content (AvgIpc) is 2.13. The molecule has 0 aromatic heterocycles. The fourth-order valence-electron chi connectivity index (χ4n) is 1.18. The van der Waals surface area contributed by atoms with Crippen LogP contribution in [0.25, 0.3) is 0 Å². The maximum absolute atomic E-state index is 13.8. The topological polar surface area (TPSA) is 34.1 Å². The largest absolute Gasteiger partial charge is 0.250 e. The smallest absolute Gasteiger partial charge is 0.211 e. The highest BCUT2D eigenvalue weighted by atomic mass is 35.7. The quantitative estimate of drug-likeness (QED) is 0.406. The van der Waals surface area contributed by atoms with E-state index in [4.69, 9.17) is 33.9 Å². The molecule has 11 heteroatoms. The highest BCUT2D eigenvalue weighted by Gasteiger charge is 2.66. The van der Waals surface area contributed by atoms with Crippen molar-refractivity contribution in [3.63, 3.8) is 0 Å². The van der Waals surface area contributed by atoms with E-state index in [1.54, 1.807) is 0 Å². The van der Waals surface area contributed by atoms with Crippen LogP contribution in [-0.2, 0) is 9.05 Å². The van der Waals surface area contributed by atoms with Gasteiger partial charge < -0.3 is 0 Å². The lowest BCUT2D eigenvalue weighted by atomic mass is 10.4. The fraction of sp³-hybridized carbons (Fsp3) is 0.250. The molecule has 1 atom stereocenters. The lowest BCUT2D eigenvalue weighted by Crippen LogP contribution is -2.28. The van der Waals surface area contributed by atoms with Crippen molar-refractivity contribution in [1.82, 2.24) is 0 Å². The van der Waals surface area contributed by atoms with Crippen LogP contribution in [0, 0.1) is 0 Å². The van der Waals surface area contributed by atoms with E-state index in [2.05, 4.69) is 0 Å². The Morgan fingerprint density at radius 3 is 1.89 bits per heavy atom. The lowest BCUT2D eigenvalue weighted by molar-refractivity contribution is 0.445. The van der Waals surface area contributed by atoms with Gasteiger partial charge in [-0.15, -0.1) is 27.1 Å². The van der Waals surface area contributed by atoms with Crippen molar-refractivity contribution < 1.29 is 24.0 Å². The van der Waals surface area contributed by atoms with Gasteiger partial charge in [0.15, 0.2) is 14.5 Å². The summed E-state index contributed by atoms with van der Waals surface area (Å²) in [4.78, 5) is -1.62. The fourth-order valence-corrected chi connectivity index (χ4v) is 5.46. The van der Waals surface area contributed by atoms with Gasteiger partial charge in [-0.05, 0) is 24.3 Å². The summed E-state index contributed by atoms with van der Waals surface area (Å²) in [5.74, 6) is -2.38. The lowest BCUT2D eigenvalue weighted by Gasteiger charge is -2.50. The second kappa shape index (κ2) is 4.30. The molecule has 0 N–H and O–H groups in total. The third-order valence-electron chi connectivity index (χ3n) is 2.11. The summed E-state index contributed by atoms with van der Waals surface area (Å²) in [7, 11) is -8.90. The minimum Gasteiger partial charge on any atom is -0.211 e. The van der Waals surface area contributed by atoms with Crippen LogP contribution in [-0.4, -0.2) is 18.9 Å². The molecule has 2 nitrogen and oxygen atoms in total. The monoisotopic (exact) mass is 380 g/mol. The van der Waals surface area contributed by atoms with Gasteiger partial charge in [-0.2, -0.15) is 0 Å². The molecular weight excluding hydrogens is 375 g/mol. The molecule has 0 amide bonds. The van der Waals surface area contributed by atoms with E-state index in [-0.39, 0.29) is 5.02 Å². The van der Waals surface area contributed by atoms with E-state index in [0.717, 1.165) is 12.1 Å². The normalized spacial score (nSPS) is 18.5. The van der Waals surface area contributed by atoms with Crippen molar-refractivity contribution in [1.29, 1.82) is 0 Å². The molecule has 0 bridgehead atoms. The van der Waals surface area contributed by atoms with Crippen molar-refractivity contribution in [2.24, 2.45) is 0 Å². The van der Waals surface area contributed by atoms with Crippen LogP contribution in [0.15, 0.2) is 29.2 Å². The van der Waals surface area contributed by atoms with Crippen molar-refractivity contribution in [2.75, 3.05) is 5.75 Å². The molecule has 1 aromatic rings. The summed E-state index contributed by atoms with van der Waals surface area (Å²) in [5, 5.41) is -0.0236. The van der Waals surface area contributed by atoms with Crippen molar-refractivity contribution >= 4 is 52.8 Å². The van der Waals surface area contributed by atoms with Crippen LogP contribution in [0.2, 0.25) is 5.02 Å². The molecule has 0 radical (unpaired) electrons. The van der Waals surface area contributed by atoms with Gasteiger partial charge >= 0.3 is 0 Å². The average molecular weight is 382 g/mol. The van der Waals surface area contributed by atoms with Gasteiger partial charge in [-0.1, -0.05) is 11.6 Å². The van der Waals surface area contributed by atoms with Gasteiger partial charge in [0.05, 0.1) is 10.6 Å². The number of alkyl halides is 1. The standard InChI is InChI=1S/C8H7Cl3F4O2S2/c9-6-1-3-7(4-2-6)19(12,13,14,15)5-8(10)18(11,16)17/h1-4,8H,5H2. The molecule has 0 fully saturated rings. The van der Waals surface area contributed by atoms with Gasteiger partial charge in [0.1, 0.15) is 0 Å². The summed E-state index contributed by atoms with van der Waals surface area (Å²) in [6.45, 7) is 0. The first-order chi connectivity index (χ1) is 8.14. The van der Waals surface area contributed by atoms with Crippen LogP contribution < -0.4 is 0 Å². The highest BCUT2D eigenvalue weighted by molar-refractivity contribution is 8.50. The predicted octanol–water partition coefficient (Wildman–Crippen LogP) is 5.25. The first kappa shape index (κ1) is 17.2. The SMILES string of the molecule is O=S(=O)(Cl)C(Cl)CS(F)(F)(F)(F)c1ccc(Cl)cc1. The molecule has 0 spiro atoms.